The summed E-state index contributed by atoms with van der Waals surface area (Å²) in [5, 5.41) is 3.56. The van der Waals surface area contributed by atoms with Crippen LogP contribution < -0.4 is 10.1 Å². The number of hydrogen-bond acceptors (Lipinski definition) is 3. The molecule has 1 N–H and O–H groups in total. The smallest absolute Gasteiger partial charge is 0.119 e. The molecule has 1 atom stereocenters. The average molecular weight is 431 g/mol. The first kappa shape index (κ1) is 15.5. The van der Waals surface area contributed by atoms with Gasteiger partial charge in [0.25, 0.3) is 0 Å². The third-order valence-corrected chi connectivity index (χ3v) is 6.72. The molecule has 0 amide bonds. The van der Waals surface area contributed by atoms with E-state index in [2.05, 4.69) is 74.4 Å². The zero-order chi connectivity index (χ0) is 14.8. The van der Waals surface area contributed by atoms with Gasteiger partial charge in [0.2, 0.25) is 0 Å². The maximum Gasteiger partial charge on any atom is 0.119 e. The van der Waals surface area contributed by atoms with Crippen molar-refractivity contribution in [2.75, 3.05) is 6.54 Å². The Morgan fingerprint density at radius 1 is 1.29 bits per heavy atom. The molecule has 1 unspecified atom stereocenters. The van der Waals surface area contributed by atoms with E-state index >= 15 is 0 Å². The summed E-state index contributed by atoms with van der Waals surface area (Å²) in [7, 11) is 0. The van der Waals surface area contributed by atoms with Crippen LogP contribution in [0.3, 0.4) is 0 Å². The highest BCUT2D eigenvalue weighted by Crippen LogP contribution is 2.38. The Kier molecular flexibility index (Phi) is 5.04. The van der Waals surface area contributed by atoms with Crippen molar-refractivity contribution < 1.29 is 4.74 Å². The minimum atomic E-state index is 0.220. The fourth-order valence-corrected chi connectivity index (χ4v) is 4.40. The molecule has 2 nitrogen and oxygen atoms in total. The lowest BCUT2D eigenvalue weighted by Crippen LogP contribution is -2.21. The van der Waals surface area contributed by atoms with Crippen LogP contribution in [-0.4, -0.2) is 12.6 Å². The summed E-state index contributed by atoms with van der Waals surface area (Å²) in [6.07, 6.45) is 2.84. The molecule has 1 aliphatic carbocycles. The topological polar surface area (TPSA) is 21.3 Å². The molecule has 1 aromatic heterocycles. The third-order valence-electron chi connectivity index (χ3n) is 3.40. The molecule has 0 bridgehead atoms. The van der Waals surface area contributed by atoms with Crippen molar-refractivity contribution in [1.29, 1.82) is 0 Å². The highest BCUT2D eigenvalue weighted by atomic mass is 79.9. The molecular formula is C16H17Br2NOS. The van der Waals surface area contributed by atoms with Crippen molar-refractivity contribution in [3.8, 4) is 5.75 Å². The van der Waals surface area contributed by atoms with Crippen molar-refractivity contribution in [3.63, 3.8) is 0 Å². The highest BCUT2D eigenvalue weighted by Gasteiger charge is 2.23. The second-order valence-corrected chi connectivity index (χ2v) is 8.40. The van der Waals surface area contributed by atoms with Gasteiger partial charge in [-0.3, -0.25) is 0 Å². The molecule has 112 valence electrons. The van der Waals surface area contributed by atoms with E-state index in [1.54, 1.807) is 11.3 Å². The second-order valence-electron chi connectivity index (χ2n) is 5.15. The van der Waals surface area contributed by atoms with E-state index in [1.807, 2.05) is 0 Å². The summed E-state index contributed by atoms with van der Waals surface area (Å²) in [5.41, 5.74) is 1.27. The van der Waals surface area contributed by atoms with Gasteiger partial charge in [0.05, 0.1) is 15.9 Å². The normalized spacial score (nSPS) is 16.0. The fraction of sp³-hybridized carbons (Fsp3) is 0.375. The van der Waals surface area contributed by atoms with Crippen molar-refractivity contribution in [3.05, 3.63) is 49.0 Å². The Bertz CT molecular complexity index is 588. The van der Waals surface area contributed by atoms with Crippen LogP contribution in [0.15, 0.2) is 38.6 Å². The standard InChI is InChI=1S/C16H17Br2NOS/c1-2-19-15(14-9-13(17)16(18)21-14)10-3-5-11(6-4-10)20-12-7-8-12/h3-6,9,12,15,19H,2,7-8H2,1H3. The number of hydrogen-bond donors (Lipinski definition) is 1. The lowest BCUT2D eigenvalue weighted by molar-refractivity contribution is 0.303. The predicted molar refractivity (Wildman–Crippen MR) is 95.3 cm³/mol. The molecule has 0 saturated heterocycles. The minimum absolute atomic E-state index is 0.220. The van der Waals surface area contributed by atoms with Gasteiger partial charge in [-0.2, -0.15) is 0 Å². The first-order valence-corrected chi connectivity index (χ1v) is 9.52. The average Bonchev–Trinajstić information content (AvgIpc) is 3.23. The third kappa shape index (κ3) is 3.89. The Hall–Kier alpha value is -0.360. The number of nitrogens with one attached hydrogen (secondary N) is 1. The summed E-state index contributed by atoms with van der Waals surface area (Å²) >= 11 is 8.91. The van der Waals surface area contributed by atoms with Gasteiger partial charge in [-0.05, 0) is 75.0 Å². The largest absolute Gasteiger partial charge is 0.490 e. The first-order valence-electron chi connectivity index (χ1n) is 7.12. The van der Waals surface area contributed by atoms with Crippen molar-refractivity contribution in [2.24, 2.45) is 0 Å². The predicted octanol–water partition coefficient (Wildman–Crippen LogP) is 5.51. The number of thiophene rings is 1. The molecule has 0 radical (unpaired) electrons. The van der Waals surface area contributed by atoms with Crippen LogP contribution in [0.5, 0.6) is 5.75 Å². The van der Waals surface area contributed by atoms with Gasteiger partial charge in [-0.15, -0.1) is 11.3 Å². The summed E-state index contributed by atoms with van der Waals surface area (Å²) in [4.78, 5) is 1.30. The molecular weight excluding hydrogens is 414 g/mol. The molecule has 2 aromatic rings. The molecule has 0 aliphatic heterocycles. The molecule has 5 heteroatoms. The van der Waals surface area contributed by atoms with Gasteiger partial charge >= 0.3 is 0 Å². The van der Waals surface area contributed by atoms with Crippen LogP contribution in [0, 0.1) is 0 Å². The quantitative estimate of drug-likeness (QED) is 0.651. The fourth-order valence-electron chi connectivity index (χ4n) is 2.21. The van der Waals surface area contributed by atoms with E-state index < -0.39 is 0 Å². The maximum absolute atomic E-state index is 5.82. The molecule has 1 fully saturated rings. The lowest BCUT2D eigenvalue weighted by Gasteiger charge is -2.17. The van der Waals surface area contributed by atoms with Crippen molar-refractivity contribution in [1.82, 2.24) is 5.32 Å². The monoisotopic (exact) mass is 429 g/mol. The Balaban J connectivity index is 1.82. The van der Waals surface area contributed by atoms with Crippen LogP contribution in [0.25, 0.3) is 0 Å². The van der Waals surface area contributed by atoms with E-state index in [0.717, 1.165) is 20.6 Å². The van der Waals surface area contributed by atoms with E-state index in [0.29, 0.717) is 6.10 Å². The molecule has 1 aliphatic rings. The Morgan fingerprint density at radius 3 is 2.52 bits per heavy atom. The number of halogens is 2. The van der Waals surface area contributed by atoms with E-state index in [1.165, 1.54) is 23.3 Å². The van der Waals surface area contributed by atoms with Crippen LogP contribution >= 0.6 is 43.2 Å². The van der Waals surface area contributed by atoms with Crippen LogP contribution in [-0.2, 0) is 0 Å². The molecule has 1 heterocycles. The van der Waals surface area contributed by atoms with E-state index in [-0.39, 0.29) is 6.04 Å². The summed E-state index contributed by atoms with van der Waals surface area (Å²) in [6, 6.07) is 10.9. The SMILES string of the molecule is CCNC(c1ccc(OC2CC2)cc1)c1cc(Br)c(Br)s1. The van der Waals surface area contributed by atoms with Crippen LogP contribution in [0.4, 0.5) is 0 Å². The molecule has 1 aromatic carbocycles. The zero-order valence-electron chi connectivity index (χ0n) is 11.7. The molecule has 3 rings (SSSR count). The zero-order valence-corrected chi connectivity index (χ0v) is 15.7. The van der Waals surface area contributed by atoms with Crippen LogP contribution in [0.2, 0.25) is 0 Å². The van der Waals surface area contributed by atoms with E-state index in [4.69, 9.17) is 4.74 Å². The van der Waals surface area contributed by atoms with Gasteiger partial charge in [0.1, 0.15) is 5.75 Å². The van der Waals surface area contributed by atoms with Gasteiger partial charge in [0, 0.05) is 9.35 Å². The van der Waals surface area contributed by atoms with Crippen molar-refractivity contribution >= 4 is 43.2 Å². The van der Waals surface area contributed by atoms with Crippen molar-refractivity contribution in [2.45, 2.75) is 31.9 Å². The first-order chi connectivity index (χ1) is 10.2. The van der Waals surface area contributed by atoms with Crippen LogP contribution in [0.1, 0.15) is 36.2 Å². The van der Waals surface area contributed by atoms with Gasteiger partial charge in [-0.25, -0.2) is 0 Å². The number of rotatable bonds is 6. The minimum Gasteiger partial charge on any atom is -0.490 e. The van der Waals surface area contributed by atoms with Gasteiger partial charge < -0.3 is 10.1 Å². The van der Waals surface area contributed by atoms with Gasteiger partial charge in [0.15, 0.2) is 0 Å². The lowest BCUT2D eigenvalue weighted by atomic mass is 10.1. The maximum atomic E-state index is 5.82. The summed E-state index contributed by atoms with van der Waals surface area (Å²) in [6.45, 7) is 3.06. The summed E-state index contributed by atoms with van der Waals surface area (Å²) in [5.74, 6) is 0.977. The second kappa shape index (κ2) is 6.82. The molecule has 1 saturated carbocycles. The number of ether oxygens (including phenoxy) is 1. The Morgan fingerprint density at radius 2 is 2.00 bits per heavy atom. The Labute approximate surface area is 146 Å². The highest BCUT2D eigenvalue weighted by molar-refractivity contribution is 9.13. The summed E-state index contributed by atoms with van der Waals surface area (Å²) < 4.78 is 8.06. The van der Waals surface area contributed by atoms with E-state index in [9.17, 15) is 0 Å². The van der Waals surface area contributed by atoms with Gasteiger partial charge in [-0.1, -0.05) is 19.1 Å². The molecule has 21 heavy (non-hydrogen) atoms. The molecule has 0 spiro atoms. The number of benzene rings is 1.